The number of carbonyl (C=O) groups excluding carboxylic acids is 2. The largest absolute Gasteiger partial charge is 0.490 e. The Kier molecular flexibility index (Phi) is 3.59. The standard InChI is InChI=1S/C12H13NO4/c14-8-12(15)13-7-9-2-3-10-11(6-9)17-5-1-4-16-10/h2-3,6,8H,1,4-5,7H2,(H,13,15). The van der Waals surface area contributed by atoms with Gasteiger partial charge < -0.3 is 14.8 Å². The lowest BCUT2D eigenvalue weighted by atomic mass is 10.2. The van der Waals surface area contributed by atoms with Crippen LogP contribution in [0.3, 0.4) is 0 Å². The average Bonchev–Trinajstić information content (AvgIpc) is 2.60. The van der Waals surface area contributed by atoms with E-state index in [1.54, 1.807) is 0 Å². The molecule has 0 aromatic heterocycles. The monoisotopic (exact) mass is 235 g/mol. The fraction of sp³-hybridized carbons (Fsp3) is 0.333. The van der Waals surface area contributed by atoms with E-state index in [2.05, 4.69) is 5.32 Å². The second-order valence-corrected chi connectivity index (χ2v) is 3.67. The van der Waals surface area contributed by atoms with Gasteiger partial charge in [0.1, 0.15) is 0 Å². The zero-order chi connectivity index (χ0) is 12.1. The first-order chi connectivity index (χ1) is 8.29. The summed E-state index contributed by atoms with van der Waals surface area (Å²) < 4.78 is 11.0. The van der Waals surface area contributed by atoms with Crippen molar-refractivity contribution in [2.45, 2.75) is 13.0 Å². The predicted octanol–water partition coefficient (Wildman–Crippen LogP) is 0.663. The lowest BCUT2D eigenvalue weighted by Crippen LogP contribution is -2.23. The third-order valence-corrected chi connectivity index (χ3v) is 2.39. The summed E-state index contributed by atoms with van der Waals surface area (Å²) in [5.41, 5.74) is 0.865. The number of fused-ring (bicyclic) bond motifs is 1. The number of aldehydes is 1. The average molecular weight is 235 g/mol. The van der Waals surface area contributed by atoms with E-state index in [4.69, 9.17) is 9.47 Å². The number of rotatable bonds is 3. The maximum Gasteiger partial charge on any atom is 0.284 e. The van der Waals surface area contributed by atoms with Crippen molar-refractivity contribution in [2.75, 3.05) is 13.2 Å². The van der Waals surface area contributed by atoms with Gasteiger partial charge in [0.2, 0.25) is 6.29 Å². The molecule has 1 aromatic rings. The normalized spacial score (nSPS) is 13.6. The Bertz CT molecular complexity index is 431. The molecule has 2 rings (SSSR count). The summed E-state index contributed by atoms with van der Waals surface area (Å²) in [5, 5.41) is 2.47. The highest BCUT2D eigenvalue weighted by Crippen LogP contribution is 2.30. The lowest BCUT2D eigenvalue weighted by molar-refractivity contribution is -0.131. The molecule has 1 aromatic carbocycles. The van der Waals surface area contributed by atoms with Crippen molar-refractivity contribution < 1.29 is 19.1 Å². The van der Waals surface area contributed by atoms with Gasteiger partial charge in [0, 0.05) is 13.0 Å². The van der Waals surface area contributed by atoms with Crippen LogP contribution < -0.4 is 14.8 Å². The SMILES string of the molecule is O=CC(=O)NCc1ccc2c(c1)OCCCO2. The van der Waals surface area contributed by atoms with Crippen LogP contribution in [0.25, 0.3) is 0 Å². The number of ether oxygens (including phenoxy) is 2. The summed E-state index contributed by atoms with van der Waals surface area (Å²) in [6, 6.07) is 5.45. The van der Waals surface area contributed by atoms with Gasteiger partial charge in [0.15, 0.2) is 11.5 Å². The Morgan fingerprint density at radius 3 is 2.82 bits per heavy atom. The van der Waals surface area contributed by atoms with Crippen LogP contribution in [0.2, 0.25) is 0 Å². The van der Waals surface area contributed by atoms with Gasteiger partial charge in [-0.25, -0.2) is 0 Å². The summed E-state index contributed by atoms with van der Waals surface area (Å²) in [7, 11) is 0. The molecule has 0 saturated heterocycles. The number of amides is 1. The molecule has 1 amide bonds. The Morgan fingerprint density at radius 1 is 1.29 bits per heavy atom. The van der Waals surface area contributed by atoms with Crippen molar-refractivity contribution in [1.82, 2.24) is 5.32 Å². The van der Waals surface area contributed by atoms with E-state index >= 15 is 0 Å². The molecule has 1 N–H and O–H groups in total. The maximum absolute atomic E-state index is 10.8. The fourth-order valence-corrected chi connectivity index (χ4v) is 1.55. The van der Waals surface area contributed by atoms with Gasteiger partial charge >= 0.3 is 0 Å². The molecular formula is C12H13NO4. The van der Waals surface area contributed by atoms with Crippen molar-refractivity contribution in [3.05, 3.63) is 23.8 Å². The Morgan fingerprint density at radius 2 is 2.06 bits per heavy atom. The predicted molar refractivity (Wildman–Crippen MR) is 60.0 cm³/mol. The van der Waals surface area contributed by atoms with Crippen molar-refractivity contribution in [3.63, 3.8) is 0 Å². The van der Waals surface area contributed by atoms with Crippen LogP contribution >= 0.6 is 0 Å². The molecule has 0 bridgehead atoms. The topological polar surface area (TPSA) is 64.6 Å². The van der Waals surface area contributed by atoms with Crippen LogP contribution in [0, 0.1) is 0 Å². The van der Waals surface area contributed by atoms with Crippen molar-refractivity contribution in [2.24, 2.45) is 0 Å². The molecule has 1 aliphatic rings. The summed E-state index contributed by atoms with van der Waals surface area (Å²) in [6.07, 6.45) is 1.11. The lowest BCUT2D eigenvalue weighted by Gasteiger charge is -2.09. The van der Waals surface area contributed by atoms with Crippen LogP contribution in [0.15, 0.2) is 18.2 Å². The molecule has 0 unspecified atom stereocenters. The summed E-state index contributed by atoms with van der Waals surface area (Å²) in [5.74, 6) is 0.769. The highest BCUT2D eigenvalue weighted by molar-refractivity contribution is 6.23. The van der Waals surface area contributed by atoms with Gasteiger partial charge in [-0.05, 0) is 17.7 Å². The highest BCUT2D eigenvalue weighted by Gasteiger charge is 2.10. The molecule has 0 fully saturated rings. The molecule has 0 radical (unpaired) electrons. The number of hydrogen-bond acceptors (Lipinski definition) is 4. The first kappa shape index (κ1) is 11.4. The number of carbonyl (C=O) groups is 2. The molecule has 5 nitrogen and oxygen atoms in total. The second kappa shape index (κ2) is 5.34. The number of nitrogens with one attached hydrogen (secondary N) is 1. The molecular weight excluding hydrogens is 222 g/mol. The van der Waals surface area contributed by atoms with Gasteiger partial charge in [-0.1, -0.05) is 6.07 Å². The van der Waals surface area contributed by atoms with Gasteiger partial charge in [0.25, 0.3) is 5.91 Å². The van der Waals surface area contributed by atoms with E-state index < -0.39 is 5.91 Å². The third-order valence-electron chi connectivity index (χ3n) is 2.39. The minimum atomic E-state index is -0.628. The van der Waals surface area contributed by atoms with Crippen LogP contribution in [-0.2, 0) is 16.1 Å². The molecule has 0 atom stereocenters. The van der Waals surface area contributed by atoms with Gasteiger partial charge in [-0.3, -0.25) is 9.59 Å². The zero-order valence-electron chi connectivity index (χ0n) is 9.27. The first-order valence-corrected chi connectivity index (χ1v) is 5.41. The Hall–Kier alpha value is -2.04. The Labute approximate surface area is 98.7 Å². The van der Waals surface area contributed by atoms with Gasteiger partial charge in [0.05, 0.1) is 13.2 Å². The molecule has 0 aliphatic carbocycles. The number of hydrogen-bond donors (Lipinski definition) is 1. The summed E-state index contributed by atoms with van der Waals surface area (Å²) in [6.45, 7) is 1.57. The first-order valence-electron chi connectivity index (χ1n) is 5.41. The molecule has 0 saturated carbocycles. The summed E-state index contributed by atoms with van der Waals surface area (Å²) >= 11 is 0. The van der Waals surface area contributed by atoms with Crippen LogP contribution in [-0.4, -0.2) is 25.4 Å². The smallest absolute Gasteiger partial charge is 0.284 e. The van der Waals surface area contributed by atoms with Crippen molar-refractivity contribution >= 4 is 12.2 Å². The summed E-state index contributed by atoms with van der Waals surface area (Å²) in [4.78, 5) is 20.9. The maximum atomic E-state index is 10.8. The molecule has 90 valence electrons. The van der Waals surface area contributed by atoms with E-state index in [0.717, 1.165) is 12.0 Å². The van der Waals surface area contributed by atoms with E-state index in [0.29, 0.717) is 31.3 Å². The van der Waals surface area contributed by atoms with Crippen molar-refractivity contribution in [3.8, 4) is 11.5 Å². The van der Waals surface area contributed by atoms with Crippen LogP contribution in [0.1, 0.15) is 12.0 Å². The third kappa shape index (κ3) is 2.96. The van der Waals surface area contributed by atoms with E-state index in [-0.39, 0.29) is 6.29 Å². The minimum absolute atomic E-state index is 0.253. The zero-order valence-corrected chi connectivity index (χ0v) is 9.27. The Balaban J connectivity index is 2.07. The van der Waals surface area contributed by atoms with Crippen LogP contribution in [0.5, 0.6) is 11.5 Å². The highest BCUT2D eigenvalue weighted by atomic mass is 16.5. The molecule has 1 heterocycles. The van der Waals surface area contributed by atoms with Crippen LogP contribution in [0.4, 0.5) is 0 Å². The second-order valence-electron chi connectivity index (χ2n) is 3.67. The fourth-order valence-electron chi connectivity index (χ4n) is 1.55. The van der Waals surface area contributed by atoms with E-state index in [1.165, 1.54) is 0 Å². The molecule has 5 heteroatoms. The minimum Gasteiger partial charge on any atom is -0.490 e. The van der Waals surface area contributed by atoms with E-state index in [9.17, 15) is 9.59 Å². The molecule has 0 spiro atoms. The molecule has 1 aliphatic heterocycles. The number of benzene rings is 1. The quantitative estimate of drug-likeness (QED) is 0.617. The van der Waals surface area contributed by atoms with E-state index in [1.807, 2.05) is 18.2 Å². The van der Waals surface area contributed by atoms with Gasteiger partial charge in [-0.15, -0.1) is 0 Å². The molecule has 17 heavy (non-hydrogen) atoms. The van der Waals surface area contributed by atoms with Gasteiger partial charge in [-0.2, -0.15) is 0 Å². The van der Waals surface area contributed by atoms with Crippen molar-refractivity contribution in [1.29, 1.82) is 0 Å².